The summed E-state index contributed by atoms with van der Waals surface area (Å²) in [6.45, 7) is 3.57. The lowest BCUT2D eigenvalue weighted by molar-refractivity contribution is 0.0976. The SMILES string of the molecule is CCN(c1ccccc1)S(=O)(=O)c1ccc(OC)c(NC(=S)NC(=O)c2c(-c3ccccc3Cl)noc2C)c1. The smallest absolute Gasteiger partial charge is 0.264 e. The van der Waals surface area contributed by atoms with Gasteiger partial charge in [0.05, 0.1) is 28.4 Å². The van der Waals surface area contributed by atoms with Crippen LogP contribution in [-0.2, 0) is 10.0 Å². The van der Waals surface area contributed by atoms with Crippen molar-refractivity contribution in [2.75, 3.05) is 23.3 Å². The molecule has 0 radical (unpaired) electrons. The topological polar surface area (TPSA) is 114 Å². The summed E-state index contributed by atoms with van der Waals surface area (Å²) in [5.41, 5.74) is 1.74. The van der Waals surface area contributed by atoms with Gasteiger partial charge in [-0.1, -0.05) is 53.2 Å². The van der Waals surface area contributed by atoms with Crippen LogP contribution in [0.15, 0.2) is 82.2 Å². The Labute approximate surface area is 236 Å². The van der Waals surface area contributed by atoms with Crippen molar-refractivity contribution in [3.05, 3.63) is 89.1 Å². The van der Waals surface area contributed by atoms with Gasteiger partial charge in [-0.3, -0.25) is 14.4 Å². The molecule has 0 unspecified atom stereocenters. The van der Waals surface area contributed by atoms with Gasteiger partial charge in [0.2, 0.25) is 0 Å². The summed E-state index contributed by atoms with van der Waals surface area (Å²) in [6.07, 6.45) is 0. The molecule has 0 atom stereocenters. The normalized spacial score (nSPS) is 11.1. The number of hydrogen-bond donors (Lipinski definition) is 2. The van der Waals surface area contributed by atoms with Crippen LogP contribution in [0.25, 0.3) is 11.3 Å². The number of rotatable bonds is 8. The van der Waals surface area contributed by atoms with Gasteiger partial charge in [-0.15, -0.1) is 0 Å². The van der Waals surface area contributed by atoms with E-state index >= 15 is 0 Å². The molecular formula is C27H25ClN4O5S2. The molecule has 1 aromatic heterocycles. The third-order valence-corrected chi connectivity index (χ3v) is 8.22. The number of carbonyl (C=O) groups is 1. The number of para-hydroxylation sites is 1. The molecule has 9 nitrogen and oxygen atoms in total. The third-order valence-electron chi connectivity index (χ3n) is 5.78. The third kappa shape index (κ3) is 5.90. The summed E-state index contributed by atoms with van der Waals surface area (Å²) in [5.74, 6) is 0.0211. The Morgan fingerprint density at radius 2 is 1.79 bits per heavy atom. The number of methoxy groups -OCH3 is 1. The highest BCUT2D eigenvalue weighted by atomic mass is 35.5. The van der Waals surface area contributed by atoms with Gasteiger partial charge in [0.25, 0.3) is 15.9 Å². The Hall–Kier alpha value is -3.93. The summed E-state index contributed by atoms with van der Waals surface area (Å²) in [7, 11) is -2.48. The lowest BCUT2D eigenvalue weighted by Gasteiger charge is -2.23. The van der Waals surface area contributed by atoms with Crippen LogP contribution in [0.4, 0.5) is 11.4 Å². The molecule has 1 amide bonds. The molecule has 0 fully saturated rings. The lowest BCUT2D eigenvalue weighted by Crippen LogP contribution is -2.35. The number of thiocarbonyl (C=S) groups is 1. The van der Waals surface area contributed by atoms with E-state index < -0.39 is 15.9 Å². The molecule has 0 bridgehead atoms. The van der Waals surface area contributed by atoms with E-state index in [0.29, 0.717) is 22.0 Å². The summed E-state index contributed by atoms with van der Waals surface area (Å²) in [5, 5.41) is 9.77. The lowest BCUT2D eigenvalue weighted by atomic mass is 10.1. The highest BCUT2D eigenvalue weighted by Crippen LogP contribution is 2.32. The highest BCUT2D eigenvalue weighted by molar-refractivity contribution is 7.92. The fourth-order valence-corrected chi connectivity index (χ4v) is 5.88. The van der Waals surface area contributed by atoms with Gasteiger partial charge < -0.3 is 14.6 Å². The Morgan fingerprint density at radius 1 is 1.10 bits per heavy atom. The van der Waals surface area contributed by atoms with E-state index in [4.69, 9.17) is 33.1 Å². The quantitative estimate of drug-likeness (QED) is 0.255. The molecule has 0 aliphatic rings. The Balaban J connectivity index is 1.59. The number of sulfonamides is 1. The first kappa shape index (κ1) is 28.1. The molecule has 4 rings (SSSR count). The molecule has 0 spiro atoms. The number of aryl methyl sites for hydroxylation is 1. The number of nitrogens with zero attached hydrogens (tertiary/aromatic N) is 2. The maximum atomic E-state index is 13.5. The van der Waals surface area contributed by atoms with Crippen molar-refractivity contribution >= 4 is 56.2 Å². The van der Waals surface area contributed by atoms with Crippen molar-refractivity contribution in [1.82, 2.24) is 10.5 Å². The number of nitrogens with one attached hydrogen (secondary N) is 2. The minimum absolute atomic E-state index is 0.0153. The fraction of sp³-hybridized carbons (Fsp3) is 0.148. The fourth-order valence-electron chi connectivity index (χ4n) is 3.95. The standard InChI is InChI=1S/C27H25ClN4O5S2/c1-4-32(18-10-6-5-7-11-18)39(34,35)19-14-15-23(36-3)22(16-19)29-27(38)30-26(33)24-17(2)37-31-25(24)20-12-8-9-13-21(20)28/h5-16H,4H2,1-3H3,(H2,29,30,33,38). The number of ether oxygens (including phenoxy) is 1. The van der Waals surface area contributed by atoms with E-state index in [1.165, 1.54) is 29.6 Å². The second-order valence-corrected chi connectivity index (χ2v) is 10.9. The monoisotopic (exact) mass is 584 g/mol. The first-order chi connectivity index (χ1) is 18.7. The van der Waals surface area contributed by atoms with Crippen molar-refractivity contribution in [2.45, 2.75) is 18.7 Å². The molecule has 0 saturated carbocycles. The number of anilines is 2. The van der Waals surface area contributed by atoms with E-state index in [1.807, 2.05) is 6.07 Å². The van der Waals surface area contributed by atoms with Crippen molar-refractivity contribution in [1.29, 1.82) is 0 Å². The summed E-state index contributed by atoms with van der Waals surface area (Å²) in [6, 6.07) is 20.1. The molecule has 4 aromatic rings. The molecular weight excluding hydrogens is 560 g/mol. The van der Waals surface area contributed by atoms with Crippen molar-refractivity contribution in [3.8, 4) is 17.0 Å². The zero-order valence-electron chi connectivity index (χ0n) is 21.3. The molecule has 202 valence electrons. The van der Waals surface area contributed by atoms with E-state index in [1.54, 1.807) is 62.4 Å². The molecule has 2 N–H and O–H groups in total. The van der Waals surface area contributed by atoms with Crippen LogP contribution in [0.3, 0.4) is 0 Å². The summed E-state index contributed by atoms with van der Waals surface area (Å²) >= 11 is 11.7. The zero-order valence-corrected chi connectivity index (χ0v) is 23.7. The van der Waals surface area contributed by atoms with Crippen LogP contribution in [0.5, 0.6) is 5.75 Å². The first-order valence-electron chi connectivity index (χ1n) is 11.8. The Kier molecular flexibility index (Phi) is 8.54. The number of aromatic nitrogens is 1. The predicted molar refractivity (Wildman–Crippen MR) is 155 cm³/mol. The molecule has 0 saturated heterocycles. The molecule has 12 heteroatoms. The number of amides is 1. The molecule has 0 aliphatic heterocycles. The van der Waals surface area contributed by atoms with E-state index in [9.17, 15) is 13.2 Å². The van der Waals surface area contributed by atoms with Crippen LogP contribution in [0.1, 0.15) is 23.0 Å². The number of benzene rings is 3. The van der Waals surface area contributed by atoms with Crippen LogP contribution in [-0.4, -0.2) is 38.2 Å². The Bertz CT molecular complexity index is 1620. The number of carbonyl (C=O) groups excluding carboxylic acids is 1. The van der Waals surface area contributed by atoms with Crippen LogP contribution >= 0.6 is 23.8 Å². The minimum Gasteiger partial charge on any atom is -0.495 e. The van der Waals surface area contributed by atoms with Gasteiger partial charge in [-0.05, 0) is 62.5 Å². The maximum Gasteiger partial charge on any atom is 0.264 e. The average molecular weight is 585 g/mol. The van der Waals surface area contributed by atoms with E-state index in [0.717, 1.165) is 0 Å². The van der Waals surface area contributed by atoms with Gasteiger partial charge in [-0.2, -0.15) is 0 Å². The predicted octanol–water partition coefficient (Wildman–Crippen LogP) is 5.65. The second-order valence-electron chi connectivity index (χ2n) is 8.22. The number of halogens is 1. The minimum atomic E-state index is -3.92. The van der Waals surface area contributed by atoms with E-state index in [-0.39, 0.29) is 39.3 Å². The van der Waals surface area contributed by atoms with Crippen LogP contribution in [0, 0.1) is 6.92 Å². The first-order valence-corrected chi connectivity index (χ1v) is 14.0. The van der Waals surface area contributed by atoms with Crippen molar-refractivity contribution in [2.24, 2.45) is 0 Å². The molecule has 3 aromatic carbocycles. The van der Waals surface area contributed by atoms with Crippen LogP contribution in [0.2, 0.25) is 5.02 Å². The van der Waals surface area contributed by atoms with E-state index in [2.05, 4.69) is 15.8 Å². The molecule has 39 heavy (non-hydrogen) atoms. The van der Waals surface area contributed by atoms with Gasteiger partial charge >= 0.3 is 0 Å². The van der Waals surface area contributed by atoms with Gasteiger partial charge in [0, 0.05) is 12.1 Å². The van der Waals surface area contributed by atoms with Gasteiger partial charge in [-0.25, -0.2) is 8.42 Å². The second kappa shape index (κ2) is 11.9. The van der Waals surface area contributed by atoms with Crippen molar-refractivity contribution in [3.63, 3.8) is 0 Å². The summed E-state index contributed by atoms with van der Waals surface area (Å²) in [4.78, 5) is 13.2. The van der Waals surface area contributed by atoms with Gasteiger partial charge in [0.1, 0.15) is 22.8 Å². The maximum absolute atomic E-state index is 13.5. The highest BCUT2D eigenvalue weighted by Gasteiger charge is 2.26. The summed E-state index contributed by atoms with van der Waals surface area (Å²) < 4.78 is 38.9. The molecule has 0 aliphatic carbocycles. The largest absolute Gasteiger partial charge is 0.495 e. The Morgan fingerprint density at radius 3 is 2.46 bits per heavy atom. The van der Waals surface area contributed by atoms with Crippen LogP contribution < -0.4 is 19.7 Å². The average Bonchev–Trinajstić information content (AvgIpc) is 3.30. The van der Waals surface area contributed by atoms with Crippen molar-refractivity contribution < 1.29 is 22.5 Å². The zero-order chi connectivity index (χ0) is 28.2. The van der Waals surface area contributed by atoms with Gasteiger partial charge in [0.15, 0.2) is 5.11 Å². The number of hydrogen-bond acceptors (Lipinski definition) is 7. The molecule has 1 heterocycles.